The molecular weight excluding hydrogens is 290 g/mol. The van der Waals surface area contributed by atoms with Crippen LogP contribution in [0.25, 0.3) is 0 Å². The molecule has 0 heterocycles. The quantitative estimate of drug-likeness (QED) is 0.820. The van der Waals surface area contributed by atoms with Crippen LogP contribution in [0.4, 0.5) is 0 Å². The zero-order valence-corrected chi connectivity index (χ0v) is 11.6. The van der Waals surface area contributed by atoms with Crippen molar-refractivity contribution < 1.29 is 8.42 Å². The Labute approximate surface area is 105 Å². The summed E-state index contributed by atoms with van der Waals surface area (Å²) < 4.78 is 26.0. The molecular formula is C11H16BrNO2S. The maximum Gasteiger partial charge on any atom is 0.240 e. The van der Waals surface area contributed by atoms with E-state index in [4.69, 9.17) is 0 Å². The average Bonchev–Trinajstić information content (AvgIpc) is 2.28. The monoisotopic (exact) mass is 305 g/mol. The first-order chi connectivity index (χ1) is 7.60. The Kier molecular flexibility index (Phi) is 5.44. The molecule has 3 nitrogen and oxygen atoms in total. The van der Waals surface area contributed by atoms with Gasteiger partial charge in [0.15, 0.2) is 0 Å². The van der Waals surface area contributed by atoms with E-state index in [2.05, 4.69) is 27.6 Å². The second-order valence-corrected chi connectivity index (χ2v) is 6.04. The molecule has 0 bridgehead atoms. The van der Waals surface area contributed by atoms with Crippen LogP contribution in [0, 0.1) is 0 Å². The Morgan fingerprint density at radius 2 is 1.88 bits per heavy atom. The third-order valence-electron chi connectivity index (χ3n) is 2.16. The fraction of sp³-hybridized carbons (Fsp3) is 0.455. The van der Waals surface area contributed by atoms with Crippen molar-refractivity contribution in [2.75, 3.05) is 11.9 Å². The molecule has 5 heteroatoms. The van der Waals surface area contributed by atoms with Gasteiger partial charge < -0.3 is 0 Å². The highest BCUT2D eigenvalue weighted by Gasteiger charge is 2.12. The molecule has 0 atom stereocenters. The van der Waals surface area contributed by atoms with E-state index in [0.717, 1.165) is 12.8 Å². The van der Waals surface area contributed by atoms with Gasteiger partial charge in [0.2, 0.25) is 10.0 Å². The first-order valence-electron chi connectivity index (χ1n) is 5.24. The Morgan fingerprint density at radius 1 is 1.25 bits per heavy atom. The maximum atomic E-state index is 11.7. The second kappa shape index (κ2) is 6.37. The minimum Gasteiger partial charge on any atom is -0.210 e. The van der Waals surface area contributed by atoms with E-state index >= 15 is 0 Å². The van der Waals surface area contributed by atoms with Gasteiger partial charge in [-0.2, -0.15) is 0 Å². The average molecular weight is 306 g/mol. The Bertz CT molecular complexity index is 414. The predicted octanol–water partition coefficient (Wildman–Crippen LogP) is 2.31. The van der Waals surface area contributed by atoms with Gasteiger partial charge in [0, 0.05) is 11.9 Å². The van der Waals surface area contributed by atoms with Crippen LogP contribution in [0.15, 0.2) is 29.2 Å². The summed E-state index contributed by atoms with van der Waals surface area (Å²) in [5.74, 6) is 0. The number of benzene rings is 1. The molecule has 0 aliphatic heterocycles. The molecule has 0 aliphatic rings. The molecule has 0 unspecified atom stereocenters. The van der Waals surface area contributed by atoms with Crippen molar-refractivity contribution in [3.8, 4) is 0 Å². The summed E-state index contributed by atoms with van der Waals surface area (Å²) in [4.78, 5) is 0.327. The van der Waals surface area contributed by atoms with Gasteiger partial charge in [-0.3, -0.25) is 0 Å². The van der Waals surface area contributed by atoms with Crippen molar-refractivity contribution in [2.45, 2.75) is 24.7 Å². The standard InChI is InChI=1S/C11H16BrNO2S/c1-2-3-10-4-6-11(7-5-10)16(14,15)13-9-8-12/h4-7,13H,2-3,8-9H2,1H3. The summed E-state index contributed by atoms with van der Waals surface area (Å²) in [6.07, 6.45) is 2.04. The van der Waals surface area contributed by atoms with Crippen LogP contribution in [0.1, 0.15) is 18.9 Å². The summed E-state index contributed by atoms with van der Waals surface area (Å²) in [5.41, 5.74) is 1.17. The molecule has 0 saturated carbocycles. The highest BCUT2D eigenvalue weighted by molar-refractivity contribution is 9.09. The highest BCUT2D eigenvalue weighted by atomic mass is 79.9. The lowest BCUT2D eigenvalue weighted by atomic mass is 10.1. The third-order valence-corrected chi connectivity index (χ3v) is 4.03. The number of halogens is 1. The topological polar surface area (TPSA) is 46.2 Å². The highest BCUT2D eigenvalue weighted by Crippen LogP contribution is 2.11. The number of hydrogen-bond acceptors (Lipinski definition) is 2. The van der Waals surface area contributed by atoms with Crippen LogP contribution < -0.4 is 4.72 Å². The van der Waals surface area contributed by atoms with Crippen molar-refractivity contribution in [3.63, 3.8) is 0 Å². The van der Waals surface area contributed by atoms with Crippen LogP contribution in [-0.4, -0.2) is 20.3 Å². The smallest absolute Gasteiger partial charge is 0.210 e. The normalized spacial score (nSPS) is 11.6. The molecule has 1 N–H and O–H groups in total. The largest absolute Gasteiger partial charge is 0.240 e. The van der Waals surface area contributed by atoms with Gasteiger partial charge in [0.1, 0.15) is 0 Å². The summed E-state index contributed by atoms with van der Waals surface area (Å²) in [6.45, 7) is 2.50. The summed E-state index contributed by atoms with van der Waals surface area (Å²) in [5, 5.41) is 0.611. The second-order valence-electron chi connectivity index (χ2n) is 3.48. The molecule has 0 saturated heterocycles. The summed E-state index contributed by atoms with van der Waals surface area (Å²) in [6, 6.07) is 7.04. The van der Waals surface area contributed by atoms with Crippen molar-refractivity contribution in [1.82, 2.24) is 4.72 Å². The van der Waals surface area contributed by atoms with Gasteiger partial charge in [0.25, 0.3) is 0 Å². The maximum absolute atomic E-state index is 11.7. The molecule has 0 aliphatic carbocycles. The zero-order chi connectivity index (χ0) is 12.0. The summed E-state index contributed by atoms with van der Waals surface area (Å²) >= 11 is 3.18. The minimum atomic E-state index is -3.33. The van der Waals surface area contributed by atoms with E-state index in [1.165, 1.54) is 5.56 Å². The predicted molar refractivity (Wildman–Crippen MR) is 69.4 cm³/mol. The SMILES string of the molecule is CCCc1ccc(S(=O)(=O)NCCBr)cc1. The molecule has 0 fully saturated rings. The van der Waals surface area contributed by atoms with Gasteiger partial charge in [-0.05, 0) is 24.1 Å². The number of alkyl halides is 1. The fourth-order valence-corrected chi connectivity index (χ4v) is 2.87. The van der Waals surface area contributed by atoms with E-state index < -0.39 is 10.0 Å². The van der Waals surface area contributed by atoms with E-state index in [0.29, 0.717) is 16.8 Å². The number of nitrogens with one attached hydrogen (secondary N) is 1. The van der Waals surface area contributed by atoms with Crippen LogP contribution >= 0.6 is 15.9 Å². The van der Waals surface area contributed by atoms with Gasteiger partial charge in [-0.15, -0.1) is 0 Å². The Morgan fingerprint density at radius 3 is 2.38 bits per heavy atom. The van der Waals surface area contributed by atoms with Crippen LogP contribution in [0.2, 0.25) is 0 Å². The van der Waals surface area contributed by atoms with Crippen molar-refractivity contribution in [3.05, 3.63) is 29.8 Å². The molecule has 0 aromatic heterocycles. The molecule has 0 amide bonds. The molecule has 0 radical (unpaired) electrons. The van der Waals surface area contributed by atoms with Crippen molar-refractivity contribution in [1.29, 1.82) is 0 Å². The Balaban J connectivity index is 2.80. The number of hydrogen-bond donors (Lipinski definition) is 1. The molecule has 1 aromatic carbocycles. The molecule has 90 valence electrons. The fourth-order valence-electron chi connectivity index (χ4n) is 1.38. The van der Waals surface area contributed by atoms with Gasteiger partial charge in [-0.1, -0.05) is 41.4 Å². The van der Waals surface area contributed by atoms with Crippen LogP contribution in [0.3, 0.4) is 0 Å². The van der Waals surface area contributed by atoms with Crippen molar-refractivity contribution in [2.24, 2.45) is 0 Å². The number of aryl methyl sites for hydroxylation is 1. The van der Waals surface area contributed by atoms with Gasteiger partial charge in [0.05, 0.1) is 4.90 Å². The lowest BCUT2D eigenvalue weighted by Crippen LogP contribution is -2.25. The molecule has 16 heavy (non-hydrogen) atoms. The summed E-state index contributed by atoms with van der Waals surface area (Å²) in [7, 11) is -3.33. The van der Waals surface area contributed by atoms with E-state index in [1.54, 1.807) is 12.1 Å². The van der Waals surface area contributed by atoms with E-state index in [-0.39, 0.29) is 0 Å². The van der Waals surface area contributed by atoms with Gasteiger partial charge in [-0.25, -0.2) is 13.1 Å². The van der Waals surface area contributed by atoms with Crippen molar-refractivity contribution >= 4 is 26.0 Å². The lowest BCUT2D eigenvalue weighted by molar-refractivity contribution is 0.584. The first kappa shape index (κ1) is 13.7. The van der Waals surface area contributed by atoms with Crippen LogP contribution in [-0.2, 0) is 16.4 Å². The lowest BCUT2D eigenvalue weighted by Gasteiger charge is -2.06. The first-order valence-corrected chi connectivity index (χ1v) is 7.85. The molecule has 1 aromatic rings. The Hall–Kier alpha value is -0.390. The number of rotatable bonds is 6. The van der Waals surface area contributed by atoms with E-state index in [9.17, 15) is 8.42 Å². The number of sulfonamides is 1. The minimum absolute atomic E-state index is 0.327. The third kappa shape index (κ3) is 3.88. The zero-order valence-electron chi connectivity index (χ0n) is 9.24. The molecule has 1 rings (SSSR count). The van der Waals surface area contributed by atoms with Crippen LogP contribution in [0.5, 0.6) is 0 Å². The van der Waals surface area contributed by atoms with Gasteiger partial charge >= 0.3 is 0 Å². The van der Waals surface area contributed by atoms with E-state index in [1.807, 2.05) is 12.1 Å². The molecule has 0 spiro atoms.